The van der Waals surface area contributed by atoms with Crippen molar-refractivity contribution in [2.24, 2.45) is 0 Å². The predicted molar refractivity (Wildman–Crippen MR) is 97.5 cm³/mol. The molecule has 25 heavy (non-hydrogen) atoms. The molecule has 3 N–H and O–H groups in total. The lowest BCUT2D eigenvalue weighted by molar-refractivity contribution is 0.0283. The van der Waals surface area contributed by atoms with E-state index in [9.17, 15) is 15.0 Å². The van der Waals surface area contributed by atoms with Gasteiger partial charge >= 0.3 is 5.97 Å². The minimum absolute atomic E-state index is 0.0599. The molecule has 0 aromatic heterocycles. The summed E-state index contributed by atoms with van der Waals surface area (Å²) in [6, 6.07) is 2.58. The maximum Gasteiger partial charge on any atom is 0.342 e. The van der Waals surface area contributed by atoms with Crippen LogP contribution < -0.4 is 0 Å². The van der Waals surface area contributed by atoms with Crippen molar-refractivity contribution >= 4 is 11.7 Å². The second-order valence-corrected chi connectivity index (χ2v) is 6.55. The van der Waals surface area contributed by atoms with Gasteiger partial charge in [-0.15, -0.1) is 0 Å². The van der Waals surface area contributed by atoms with E-state index < -0.39 is 5.97 Å². The summed E-state index contributed by atoms with van der Waals surface area (Å²) in [5.74, 6) is -1.01. The Morgan fingerprint density at radius 2 is 2.04 bits per heavy atom. The fraction of sp³-hybridized carbons (Fsp3) is 0.500. The standard InChI is InChI=1S/C20H27NO4/c1-2-8-17-10-7-5-3-4-6-9-15(21)11-14-12-16(22)13-18(23)19(14)20(24)25-17/h5,7,12-13,17,21-23H,2-4,6,8-11H2,1H3/b7-5+,21-15?. The highest BCUT2D eigenvalue weighted by atomic mass is 16.5. The van der Waals surface area contributed by atoms with Gasteiger partial charge in [0.15, 0.2) is 0 Å². The summed E-state index contributed by atoms with van der Waals surface area (Å²) in [6.45, 7) is 2.04. The van der Waals surface area contributed by atoms with Gasteiger partial charge in [0.2, 0.25) is 0 Å². The molecule has 1 aromatic rings. The van der Waals surface area contributed by atoms with E-state index in [0.717, 1.165) is 38.2 Å². The maximum atomic E-state index is 12.6. The minimum Gasteiger partial charge on any atom is -0.508 e. The van der Waals surface area contributed by atoms with E-state index in [-0.39, 0.29) is 29.6 Å². The number of aromatic hydroxyl groups is 2. The molecule has 0 aliphatic carbocycles. The summed E-state index contributed by atoms with van der Waals surface area (Å²) in [7, 11) is 0. The smallest absolute Gasteiger partial charge is 0.342 e. The topological polar surface area (TPSA) is 90.6 Å². The number of hydrogen-bond acceptors (Lipinski definition) is 5. The van der Waals surface area contributed by atoms with Crippen molar-refractivity contribution in [3.63, 3.8) is 0 Å². The van der Waals surface area contributed by atoms with Crippen molar-refractivity contribution in [2.75, 3.05) is 0 Å². The Kier molecular flexibility index (Phi) is 7.04. The summed E-state index contributed by atoms with van der Waals surface area (Å²) in [4.78, 5) is 12.6. The summed E-state index contributed by atoms with van der Waals surface area (Å²) in [5, 5.41) is 28.1. The quantitative estimate of drug-likeness (QED) is 0.543. The first-order valence-electron chi connectivity index (χ1n) is 8.98. The SMILES string of the molecule is CCCC1C/C=C/CCCCC(=N)Cc2cc(O)cc(O)c2C(=O)O1. The number of phenolic OH excluding ortho intramolecular Hbond substituents is 2. The molecule has 1 aliphatic rings. The van der Waals surface area contributed by atoms with E-state index in [1.807, 2.05) is 13.0 Å². The third kappa shape index (κ3) is 5.62. The van der Waals surface area contributed by atoms with Crippen LogP contribution in [0.2, 0.25) is 0 Å². The van der Waals surface area contributed by atoms with Crippen LogP contribution in [0.15, 0.2) is 24.3 Å². The number of esters is 1. The number of rotatable bonds is 2. The second-order valence-electron chi connectivity index (χ2n) is 6.55. The molecule has 5 nitrogen and oxygen atoms in total. The van der Waals surface area contributed by atoms with E-state index in [2.05, 4.69) is 6.08 Å². The van der Waals surface area contributed by atoms with E-state index in [1.165, 1.54) is 6.07 Å². The van der Waals surface area contributed by atoms with E-state index in [0.29, 0.717) is 24.1 Å². The molecule has 2 rings (SSSR count). The lowest BCUT2D eigenvalue weighted by Crippen LogP contribution is -2.19. The monoisotopic (exact) mass is 345 g/mol. The van der Waals surface area contributed by atoms with Crippen LogP contribution in [0.4, 0.5) is 0 Å². The van der Waals surface area contributed by atoms with E-state index >= 15 is 0 Å². The number of hydrogen-bond donors (Lipinski definition) is 3. The number of carbonyl (C=O) groups is 1. The van der Waals surface area contributed by atoms with E-state index in [4.69, 9.17) is 10.1 Å². The van der Waals surface area contributed by atoms with Crippen molar-refractivity contribution in [1.82, 2.24) is 0 Å². The predicted octanol–water partition coefficient (Wildman–Crippen LogP) is 4.51. The first kappa shape index (κ1) is 19.0. The zero-order valence-electron chi connectivity index (χ0n) is 14.8. The fourth-order valence-corrected chi connectivity index (χ4v) is 3.09. The van der Waals surface area contributed by atoms with Crippen molar-refractivity contribution in [1.29, 1.82) is 5.41 Å². The average Bonchev–Trinajstić information content (AvgIpc) is 2.52. The van der Waals surface area contributed by atoms with Gasteiger partial charge in [-0.25, -0.2) is 4.79 Å². The third-order valence-corrected chi connectivity index (χ3v) is 4.34. The van der Waals surface area contributed by atoms with Gasteiger partial charge in [-0.2, -0.15) is 0 Å². The summed E-state index contributed by atoms with van der Waals surface area (Å²) >= 11 is 0. The van der Waals surface area contributed by atoms with Crippen LogP contribution in [-0.2, 0) is 11.2 Å². The van der Waals surface area contributed by atoms with Crippen LogP contribution in [0, 0.1) is 5.41 Å². The van der Waals surface area contributed by atoms with Gasteiger partial charge in [0, 0.05) is 24.6 Å². The number of nitrogens with one attached hydrogen (secondary N) is 1. The molecule has 0 radical (unpaired) electrons. The van der Waals surface area contributed by atoms with Crippen LogP contribution in [0.3, 0.4) is 0 Å². The molecule has 0 fully saturated rings. The summed E-state index contributed by atoms with van der Waals surface area (Å²) < 4.78 is 5.62. The van der Waals surface area contributed by atoms with Gasteiger partial charge in [-0.05, 0) is 43.7 Å². The molecular weight excluding hydrogens is 318 g/mol. The Morgan fingerprint density at radius 1 is 1.24 bits per heavy atom. The first-order chi connectivity index (χ1) is 12.0. The number of carbonyl (C=O) groups excluding carboxylic acids is 1. The average molecular weight is 345 g/mol. The second kappa shape index (κ2) is 9.25. The summed E-state index contributed by atoms with van der Waals surface area (Å²) in [6.07, 6.45) is 9.95. The van der Waals surface area contributed by atoms with Crippen molar-refractivity contribution in [2.45, 2.75) is 64.4 Å². The highest BCUT2D eigenvalue weighted by Crippen LogP contribution is 2.30. The van der Waals surface area contributed by atoms with Crippen LogP contribution in [-0.4, -0.2) is 28.0 Å². The van der Waals surface area contributed by atoms with Crippen molar-refractivity contribution in [3.05, 3.63) is 35.4 Å². The molecule has 1 unspecified atom stereocenters. The first-order valence-corrected chi connectivity index (χ1v) is 8.98. The number of benzene rings is 1. The Labute approximate surface area is 148 Å². The van der Waals surface area contributed by atoms with Gasteiger partial charge in [0.05, 0.1) is 0 Å². The van der Waals surface area contributed by atoms with Crippen LogP contribution in [0.25, 0.3) is 0 Å². The molecule has 0 spiro atoms. The van der Waals surface area contributed by atoms with Crippen molar-refractivity contribution < 1.29 is 19.7 Å². The van der Waals surface area contributed by atoms with Gasteiger partial charge in [-0.1, -0.05) is 25.5 Å². The molecule has 136 valence electrons. The Bertz CT molecular complexity index is 651. The van der Waals surface area contributed by atoms with Crippen LogP contribution in [0.5, 0.6) is 11.5 Å². The number of ether oxygens (including phenoxy) is 1. The summed E-state index contributed by atoms with van der Waals surface area (Å²) in [5.41, 5.74) is 0.977. The number of phenols is 2. The highest BCUT2D eigenvalue weighted by molar-refractivity contribution is 5.96. The highest BCUT2D eigenvalue weighted by Gasteiger charge is 2.23. The third-order valence-electron chi connectivity index (χ3n) is 4.34. The number of fused-ring (bicyclic) bond motifs is 1. The zero-order chi connectivity index (χ0) is 18.2. The molecule has 1 aromatic carbocycles. The lowest BCUT2D eigenvalue weighted by Gasteiger charge is -2.18. The Hall–Kier alpha value is -2.30. The molecule has 1 heterocycles. The molecule has 0 amide bonds. The molecule has 0 saturated carbocycles. The molecular formula is C20H27NO4. The molecule has 1 aliphatic heterocycles. The minimum atomic E-state index is -0.593. The van der Waals surface area contributed by atoms with Crippen LogP contribution >= 0.6 is 0 Å². The molecule has 1 atom stereocenters. The largest absolute Gasteiger partial charge is 0.508 e. The Balaban J connectivity index is 2.35. The van der Waals surface area contributed by atoms with Crippen LogP contribution in [0.1, 0.15) is 67.8 Å². The maximum absolute atomic E-state index is 12.6. The lowest BCUT2D eigenvalue weighted by atomic mass is 9.97. The molecule has 0 bridgehead atoms. The number of allylic oxidation sites excluding steroid dienone is 1. The van der Waals surface area contributed by atoms with Gasteiger partial charge in [0.1, 0.15) is 23.2 Å². The molecule has 0 saturated heterocycles. The van der Waals surface area contributed by atoms with Gasteiger partial charge < -0.3 is 20.4 Å². The van der Waals surface area contributed by atoms with E-state index in [1.54, 1.807) is 0 Å². The number of cyclic esters (lactones) is 1. The van der Waals surface area contributed by atoms with Crippen molar-refractivity contribution in [3.8, 4) is 11.5 Å². The normalized spacial score (nSPS) is 21.1. The van der Waals surface area contributed by atoms with Gasteiger partial charge in [0.25, 0.3) is 0 Å². The molecule has 5 heteroatoms. The Morgan fingerprint density at radius 3 is 2.80 bits per heavy atom. The van der Waals surface area contributed by atoms with Gasteiger partial charge in [-0.3, -0.25) is 0 Å². The zero-order valence-corrected chi connectivity index (χ0v) is 14.8. The fourth-order valence-electron chi connectivity index (χ4n) is 3.09.